The summed E-state index contributed by atoms with van der Waals surface area (Å²) >= 11 is 3.43. The highest BCUT2D eigenvalue weighted by atomic mass is 79.9. The number of benzene rings is 2. The van der Waals surface area contributed by atoms with Crippen molar-refractivity contribution in [1.82, 2.24) is 5.32 Å². The van der Waals surface area contributed by atoms with Crippen molar-refractivity contribution < 1.29 is 9.90 Å². The third kappa shape index (κ3) is 4.42. The summed E-state index contributed by atoms with van der Waals surface area (Å²) in [5.74, 6) is -0.0820. The van der Waals surface area contributed by atoms with Gasteiger partial charge in [0.25, 0.3) is 0 Å². The molecule has 0 bridgehead atoms. The maximum absolute atomic E-state index is 10.9. The Bertz CT molecular complexity index is 633. The summed E-state index contributed by atoms with van der Waals surface area (Å²) in [4.78, 5) is 10.9. The van der Waals surface area contributed by atoms with Gasteiger partial charge in [0.1, 0.15) is 0 Å². The largest absolute Gasteiger partial charge is 0.385 e. The Hall–Kier alpha value is -1.65. The highest BCUT2D eigenvalue weighted by Crippen LogP contribution is 2.27. The fourth-order valence-corrected chi connectivity index (χ4v) is 2.55. The molecule has 116 valence electrons. The second-order valence-electron chi connectivity index (χ2n) is 5.59. The Morgan fingerprint density at radius 2 is 1.59 bits per heavy atom. The van der Waals surface area contributed by atoms with Crippen LogP contribution in [-0.4, -0.2) is 17.6 Å². The zero-order chi connectivity index (χ0) is 16.2. The van der Waals surface area contributed by atoms with E-state index in [9.17, 15) is 9.90 Å². The first kappa shape index (κ1) is 16.7. The lowest BCUT2D eigenvalue weighted by Crippen LogP contribution is -2.29. The summed E-state index contributed by atoms with van der Waals surface area (Å²) < 4.78 is 1.05. The minimum atomic E-state index is -0.958. The van der Waals surface area contributed by atoms with Gasteiger partial charge in [0.05, 0.1) is 5.60 Å². The van der Waals surface area contributed by atoms with Crippen LogP contribution in [0.25, 0.3) is 11.1 Å². The molecular formula is C18H20BrNO2. The second kappa shape index (κ2) is 7.07. The van der Waals surface area contributed by atoms with Crippen LogP contribution < -0.4 is 5.32 Å². The van der Waals surface area contributed by atoms with Gasteiger partial charge in [0.15, 0.2) is 0 Å². The number of hydrogen-bond donors (Lipinski definition) is 2. The number of aliphatic hydroxyl groups is 1. The van der Waals surface area contributed by atoms with E-state index in [1.165, 1.54) is 6.92 Å². The van der Waals surface area contributed by atoms with Gasteiger partial charge in [-0.25, -0.2) is 0 Å². The topological polar surface area (TPSA) is 49.3 Å². The van der Waals surface area contributed by atoms with E-state index in [1.54, 1.807) is 6.92 Å². The number of rotatable bonds is 5. The molecule has 3 nitrogen and oxygen atoms in total. The van der Waals surface area contributed by atoms with E-state index < -0.39 is 5.60 Å². The fraction of sp³-hybridized carbons (Fsp3) is 0.278. The zero-order valence-corrected chi connectivity index (χ0v) is 14.4. The summed E-state index contributed by atoms with van der Waals surface area (Å²) in [5, 5.41) is 13.2. The van der Waals surface area contributed by atoms with Crippen LogP contribution in [0.15, 0.2) is 53.0 Å². The van der Waals surface area contributed by atoms with E-state index in [0.717, 1.165) is 21.2 Å². The van der Waals surface area contributed by atoms with Crippen molar-refractivity contribution in [1.29, 1.82) is 0 Å². The molecule has 0 saturated carbocycles. The second-order valence-corrected chi connectivity index (χ2v) is 6.51. The van der Waals surface area contributed by atoms with Crippen molar-refractivity contribution in [3.63, 3.8) is 0 Å². The average Bonchev–Trinajstić information content (AvgIpc) is 2.47. The minimum Gasteiger partial charge on any atom is -0.385 e. The van der Waals surface area contributed by atoms with E-state index in [2.05, 4.69) is 21.2 Å². The molecule has 0 saturated heterocycles. The number of amides is 1. The van der Waals surface area contributed by atoms with Gasteiger partial charge >= 0.3 is 0 Å². The molecule has 0 aromatic heterocycles. The van der Waals surface area contributed by atoms with Crippen molar-refractivity contribution in [2.75, 3.05) is 6.54 Å². The van der Waals surface area contributed by atoms with Gasteiger partial charge in [0, 0.05) is 17.9 Å². The van der Waals surface area contributed by atoms with Gasteiger partial charge in [-0.1, -0.05) is 52.3 Å². The smallest absolute Gasteiger partial charge is 0.216 e. The third-order valence-corrected chi connectivity index (χ3v) is 4.20. The molecule has 0 fully saturated rings. The number of hydrogen-bond acceptors (Lipinski definition) is 2. The highest BCUT2D eigenvalue weighted by molar-refractivity contribution is 9.10. The van der Waals surface area contributed by atoms with Gasteiger partial charge in [-0.15, -0.1) is 0 Å². The normalized spacial score (nSPS) is 13.5. The maximum Gasteiger partial charge on any atom is 0.216 e. The van der Waals surface area contributed by atoms with Gasteiger partial charge in [-0.3, -0.25) is 4.79 Å². The summed E-state index contributed by atoms with van der Waals surface area (Å²) in [7, 11) is 0. The predicted molar refractivity (Wildman–Crippen MR) is 92.4 cm³/mol. The highest BCUT2D eigenvalue weighted by Gasteiger charge is 2.22. The van der Waals surface area contributed by atoms with E-state index in [1.807, 2.05) is 48.5 Å². The summed E-state index contributed by atoms with van der Waals surface area (Å²) in [6.45, 7) is 3.70. The van der Waals surface area contributed by atoms with Crippen LogP contribution in [0.2, 0.25) is 0 Å². The first-order chi connectivity index (χ1) is 10.4. The zero-order valence-electron chi connectivity index (χ0n) is 12.8. The molecule has 22 heavy (non-hydrogen) atoms. The van der Waals surface area contributed by atoms with E-state index in [4.69, 9.17) is 0 Å². The molecule has 1 amide bonds. The summed E-state index contributed by atoms with van der Waals surface area (Å²) in [5.41, 5.74) is 2.13. The molecule has 2 aromatic carbocycles. The van der Waals surface area contributed by atoms with Crippen LogP contribution >= 0.6 is 15.9 Å². The quantitative estimate of drug-likeness (QED) is 0.849. The van der Waals surface area contributed by atoms with E-state index >= 15 is 0 Å². The Balaban J connectivity index is 2.10. The number of halogens is 1. The Morgan fingerprint density at radius 1 is 1.09 bits per heavy atom. The molecule has 0 heterocycles. The average molecular weight is 362 g/mol. The van der Waals surface area contributed by atoms with Crippen molar-refractivity contribution >= 4 is 21.8 Å². The summed E-state index contributed by atoms with van der Waals surface area (Å²) in [6.07, 6.45) is 0.476. The first-order valence-corrected chi connectivity index (χ1v) is 8.01. The molecule has 2 aromatic rings. The molecule has 4 heteroatoms. The lowest BCUT2D eigenvalue weighted by molar-refractivity contribution is -0.119. The molecule has 0 aliphatic heterocycles. The minimum absolute atomic E-state index is 0.0820. The summed E-state index contributed by atoms with van der Waals surface area (Å²) in [6, 6.07) is 16.0. The fourth-order valence-electron chi connectivity index (χ4n) is 2.29. The molecule has 1 unspecified atom stereocenters. The first-order valence-electron chi connectivity index (χ1n) is 7.22. The molecular weight excluding hydrogens is 342 g/mol. The van der Waals surface area contributed by atoms with Crippen LogP contribution in [0, 0.1) is 0 Å². The standard InChI is InChI=1S/C18H20BrNO2/c1-13(21)20-12-11-18(2,22)16-7-3-14(4-8-16)15-5-9-17(19)10-6-15/h3-10,22H,11-12H2,1-2H3,(H,20,21). The van der Waals surface area contributed by atoms with Gasteiger partial charge in [-0.05, 0) is 42.2 Å². The van der Waals surface area contributed by atoms with Crippen LogP contribution in [0.3, 0.4) is 0 Å². The van der Waals surface area contributed by atoms with Crippen molar-refractivity contribution in [2.24, 2.45) is 0 Å². The molecule has 0 radical (unpaired) electrons. The van der Waals surface area contributed by atoms with Gasteiger partial charge < -0.3 is 10.4 Å². The molecule has 0 aliphatic rings. The lowest BCUT2D eigenvalue weighted by Gasteiger charge is -2.24. The van der Waals surface area contributed by atoms with Gasteiger partial charge in [0.2, 0.25) is 5.91 Å². The van der Waals surface area contributed by atoms with E-state index in [-0.39, 0.29) is 5.91 Å². The Labute approximate surface area is 139 Å². The number of carbonyl (C=O) groups excluding carboxylic acids is 1. The molecule has 0 spiro atoms. The Morgan fingerprint density at radius 3 is 2.09 bits per heavy atom. The van der Waals surface area contributed by atoms with Gasteiger partial charge in [-0.2, -0.15) is 0 Å². The Kier molecular flexibility index (Phi) is 5.37. The maximum atomic E-state index is 10.9. The predicted octanol–water partition coefficient (Wildman–Crippen LogP) is 3.85. The van der Waals surface area contributed by atoms with Crippen LogP contribution in [0.4, 0.5) is 0 Å². The van der Waals surface area contributed by atoms with Crippen molar-refractivity contribution in [3.8, 4) is 11.1 Å². The van der Waals surface area contributed by atoms with Crippen molar-refractivity contribution in [2.45, 2.75) is 25.9 Å². The number of carbonyl (C=O) groups is 1. The van der Waals surface area contributed by atoms with E-state index in [0.29, 0.717) is 13.0 Å². The van der Waals surface area contributed by atoms with Crippen LogP contribution in [0.5, 0.6) is 0 Å². The molecule has 2 rings (SSSR count). The third-order valence-electron chi connectivity index (χ3n) is 3.67. The molecule has 2 N–H and O–H groups in total. The van der Waals surface area contributed by atoms with Crippen molar-refractivity contribution in [3.05, 3.63) is 58.6 Å². The molecule has 0 aliphatic carbocycles. The van der Waals surface area contributed by atoms with Crippen LogP contribution in [0.1, 0.15) is 25.8 Å². The number of nitrogens with one attached hydrogen (secondary N) is 1. The SMILES string of the molecule is CC(=O)NCCC(C)(O)c1ccc(-c2ccc(Br)cc2)cc1. The van der Waals surface area contributed by atoms with Crippen LogP contribution in [-0.2, 0) is 10.4 Å². The molecule has 1 atom stereocenters. The lowest BCUT2D eigenvalue weighted by atomic mass is 9.91. The monoisotopic (exact) mass is 361 g/mol.